The summed E-state index contributed by atoms with van der Waals surface area (Å²) in [4.78, 5) is 29.5. The summed E-state index contributed by atoms with van der Waals surface area (Å²) in [7, 11) is 5.08. The first-order valence-electron chi connectivity index (χ1n) is 8.39. The predicted octanol–water partition coefficient (Wildman–Crippen LogP) is 3.41. The minimum Gasteiger partial charge on any atom is -0.347 e. The first-order valence-corrected chi connectivity index (χ1v) is 9.20. The summed E-state index contributed by atoms with van der Waals surface area (Å²) in [5.41, 5.74) is 3.84. The van der Waals surface area contributed by atoms with Gasteiger partial charge < -0.3 is 9.80 Å². The van der Waals surface area contributed by atoms with Gasteiger partial charge in [-0.1, -0.05) is 38.1 Å². The Hall–Kier alpha value is -2.14. The summed E-state index contributed by atoms with van der Waals surface area (Å²) >= 11 is 1.53. The summed E-state index contributed by atoms with van der Waals surface area (Å²) < 4.78 is 0. The van der Waals surface area contributed by atoms with Crippen molar-refractivity contribution in [2.75, 3.05) is 27.7 Å². The number of carbonyl (C=O) groups excluding carboxylic acids is 2. The molecule has 0 spiro atoms. The zero-order valence-corrected chi connectivity index (χ0v) is 16.2. The van der Waals surface area contributed by atoms with E-state index in [2.05, 4.69) is 32.0 Å². The van der Waals surface area contributed by atoms with Crippen molar-refractivity contribution in [2.24, 2.45) is 0 Å². The van der Waals surface area contributed by atoms with Crippen LogP contribution < -0.4 is 0 Å². The van der Waals surface area contributed by atoms with Crippen LogP contribution in [0.25, 0.3) is 10.4 Å². The summed E-state index contributed by atoms with van der Waals surface area (Å²) in [5.74, 6) is -0.173. The van der Waals surface area contributed by atoms with Crippen LogP contribution in [0.3, 0.4) is 0 Å². The molecule has 0 radical (unpaired) electrons. The lowest BCUT2D eigenvalue weighted by atomic mass is 9.73. The van der Waals surface area contributed by atoms with Crippen LogP contribution in [-0.4, -0.2) is 49.3 Å². The molecule has 0 aliphatic heterocycles. The van der Waals surface area contributed by atoms with Crippen LogP contribution in [0.1, 0.15) is 34.6 Å². The highest BCUT2D eigenvalue weighted by atomic mass is 32.1. The summed E-state index contributed by atoms with van der Waals surface area (Å²) in [6.45, 7) is 4.59. The molecular weight excluding hydrogens is 332 g/mol. The first kappa shape index (κ1) is 17.7. The molecule has 132 valence electrons. The minimum atomic E-state index is -0.0927. The number of hydrogen-bond acceptors (Lipinski definition) is 3. The Morgan fingerprint density at radius 3 is 2.52 bits per heavy atom. The second kappa shape index (κ2) is 6.30. The largest absolute Gasteiger partial charge is 0.347 e. The van der Waals surface area contributed by atoms with Crippen molar-refractivity contribution in [2.45, 2.75) is 25.7 Å². The van der Waals surface area contributed by atoms with Crippen LogP contribution in [0.15, 0.2) is 30.3 Å². The van der Waals surface area contributed by atoms with Crippen molar-refractivity contribution < 1.29 is 9.59 Å². The lowest BCUT2D eigenvalue weighted by Crippen LogP contribution is -2.37. The molecule has 5 heteroatoms. The van der Waals surface area contributed by atoms with Crippen molar-refractivity contribution in [3.63, 3.8) is 0 Å². The topological polar surface area (TPSA) is 40.6 Å². The molecule has 0 N–H and O–H groups in total. The Morgan fingerprint density at radius 2 is 1.84 bits per heavy atom. The monoisotopic (exact) mass is 356 g/mol. The van der Waals surface area contributed by atoms with E-state index in [0.29, 0.717) is 4.88 Å². The molecule has 2 aromatic rings. The number of rotatable bonds is 3. The van der Waals surface area contributed by atoms with E-state index in [0.717, 1.165) is 6.42 Å². The second-order valence-electron chi connectivity index (χ2n) is 7.52. The van der Waals surface area contributed by atoms with E-state index in [1.807, 2.05) is 12.1 Å². The van der Waals surface area contributed by atoms with Gasteiger partial charge in [-0.05, 0) is 34.6 Å². The fourth-order valence-electron chi connectivity index (χ4n) is 3.34. The molecule has 1 aromatic carbocycles. The highest BCUT2D eigenvalue weighted by molar-refractivity contribution is 7.17. The molecule has 0 atom stereocenters. The molecular formula is C20H24N2O2S. The Bertz CT molecular complexity index is 836. The van der Waals surface area contributed by atoms with Crippen LogP contribution in [0.5, 0.6) is 0 Å². The predicted molar refractivity (Wildman–Crippen MR) is 102 cm³/mol. The molecule has 4 nitrogen and oxygen atoms in total. The van der Waals surface area contributed by atoms with Crippen LogP contribution in [0.2, 0.25) is 0 Å². The van der Waals surface area contributed by atoms with Gasteiger partial charge in [0.2, 0.25) is 5.91 Å². The van der Waals surface area contributed by atoms with Gasteiger partial charge >= 0.3 is 0 Å². The molecule has 1 heterocycles. The zero-order chi connectivity index (χ0) is 18.4. The molecule has 1 aliphatic rings. The molecule has 1 aliphatic carbocycles. The van der Waals surface area contributed by atoms with Crippen LogP contribution in [0, 0.1) is 0 Å². The average molecular weight is 356 g/mol. The van der Waals surface area contributed by atoms with E-state index >= 15 is 0 Å². The van der Waals surface area contributed by atoms with Gasteiger partial charge in [-0.15, -0.1) is 11.3 Å². The lowest BCUT2D eigenvalue weighted by Gasteiger charge is -2.32. The van der Waals surface area contributed by atoms with E-state index in [4.69, 9.17) is 0 Å². The van der Waals surface area contributed by atoms with E-state index in [1.165, 1.54) is 42.7 Å². The van der Waals surface area contributed by atoms with Gasteiger partial charge in [0.1, 0.15) is 0 Å². The summed E-state index contributed by atoms with van der Waals surface area (Å²) in [6.07, 6.45) is 0.920. The Balaban J connectivity index is 1.93. The molecule has 0 unspecified atom stereocenters. The summed E-state index contributed by atoms with van der Waals surface area (Å²) in [5, 5.41) is 0. The number of thiophene rings is 1. The lowest BCUT2D eigenvalue weighted by molar-refractivity contribution is -0.129. The van der Waals surface area contributed by atoms with Gasteiger partial charge in [-0.2, -0.15) is 0 Å². The molecule has 0 fully saturated rings. The van der Waals surface area contributed by atoms with Gasteiger partial charge in [0.25, 0.3) is 5.91 Å². The van der Waals surface area contributed by atoms with Gasteiger partial charge in [0.15, 0.2) is 0 Å². The third-order valence-electron chi connectivity index (χ3n) is 4.77. The Labute approximate surface area is 153 Å². The van der Waals surface area contributed by atoms with Crippen LogP contribution >= 0.6 is 11.3 Å². The maximum absolute atomic E-state index is 12.8. The second-order valence-corrected chi connectivity index (χ2v) is 8.57. The average Bonchev–Trinajstić information content (AvgIpc) is 2.97. The third-order valence-corrected chi connectivity index (χ3v) is 5.97. The van der Waals surface area contributed by atoms with Gasteiger partial charge in [-0.25, -0.2) is 0 Å². The zero-order valence-electron chi connectivity index (χ0n) is 15.4. The van der Waals surface area contributed by atoms with Crippen LogP contribution in [-0.2, 0) is 16.6 Å². The van der Waals surface area contributed by atoms with E-state index < -0.39 is 0 Å². The number of carbonyl (C=O) groups is 2. The molecule has 0 saturated heterocycles. The number of fused-ring (bicyclic) bond motifs is 3. The van der Waals surface area contributed by atoms with Crippen molar-refractivity contribution in [3.8, 4) is 10.4 Å². The van der Waals surface area contributed by atoms with Crippen molar-refractivity contribution in [3.05, 3.63) is 46.3 Å². The highest BCUT2D eigenvalue weighted by Crippen LogP contribution is 2.46. The number of amides is 2. The van der Waals surface area contributed by atoms with Crippen LogP contribution in [0.4, 0.5) is 0 Å². The standard InChI is InChI=1S/C20H24N2O2S/c1-20(2)11-13-10-16(19(24)22(5)12-17(23)21(3)4)25-18(13)14-8-6-7-9-15(14)20/h6-10H,11-12H2,1-5H3. The number of hydrogen-bond donors (Lipinski definition) is 0. The number of benzene rings is 1. The Kier molecular flexibility index (Phi) is 4.45. The van der Waals surface area contributed by atoms with Crippen molar-refractivity contribution >= 4 is 23.2 Å². The van der Waals surface area contributed by atoms with E-state index in [-0.39, 0.29) is 23.8 Å². The third kappa shape index (κ3) is 3.21. The molecule has 3 rings (SSSR count). The fourth-order valence-corrected chi connectivity index (χ4v) is 4.55. The molecule has 0 saturated carbocycles. The number of nitrogens with zero attached hydrogens (tertiary/aromatic N) is 2. The summed E-state index contributed by atoms with van der Waals surface area (Å²) in [6, 6.07) is 10.5. The quantitative estimate of drug-likeness (QED) is 0.846. The maximum atomic E-state index is 12.8. The molecule has 25 heavy (non-hydrogen) atoms. The van der Waals surface area contributed by atoms with E-state index in [1.54, 1.807) is 21.1 Å². The highest BCUT2D eigenvalue weighted by Gasteiger charge is 2.33. The molecule has 2 amide bonds. The van der Waals surface area contributed by atoms with Gasteiger partial charge in [0, 0.05) is 26.0 Å². The van der Waals surface area contributed by atoms with Gasteiger partial charge in [0.05, 0.1) is 11.4 Å². The van der Waals surface area contributed by atoms with Crippen molar-refractivity contribution in [1.29, 1.82) is 0 Å². The first-order chi connectivity index (χ1) is 11.7. The Morgan fingerprint density at radius 1 is 1.16 bits per heavy atom. The maximum Gasteiger partial charge on any atom is 0.264 e. The SMILES string of the molecule is CN(C)C(=O)CN(C)C(=O)c1cc2c(s1)-c1ccccc1C(C)(C)C2. The fraction of sp³-hybridized carbons (Fsp3) is 0.400. The van der Waals surface area contributed by atoms with Crippen molar-refractivity contribution in [1.82, 2.24) is 9.80 Å². The van der Waals surface area contributed by atoms with E-state index in [9.17, 15) is 9.59 Å². The smallest absolute Gasteiger partial charge is 0.264 e. The van der Waals surface area contributed by atoms with Gasteiger partial charge in [-0.3, -0.25) is 9.59 Å². The molecule has 1 aromatic heterocycles. The molecule has 0 bridgehead atoms. The minimum absolute atomic E-state index is 0.0533. The number of likely N-dealkylation sites (N-methyl/N-ethyl adjacent to an activating group) is 2. The normalized spacial score (nSPS) is 14.4.